The van der Waals surface area contributed by atoms with Crippen LogP contribution in [0.3, 0.4) is 0 Å². The predicted octanol–water partition coefficient (Wildman–Crippen LogP) is 1.86. The quantitative estimate of drug-likeness (QED) is 0.574. The minimum atomic E-state index is 0.372. The maximum absolute atomic E-state index is 5.65. The third-order valence-electron chi connectivity index (χ3n) is 2.37. The molecule has 0 bridgehead atoms. The molecule has 0 saturated carbocycles. The van der Waals surface area contributed by atoms with E-state index < -0.39 is 0 Å². The molecule has 0 aliphatic heterocycles. The normalized spacial score (nSPS) is 10.2. The lowest BCUT2D eigenvalue weighted by atomic mass is 10.2. The van der Waals surface area contributed by atoms with Crippen LogP contribution in [0, 0.1) is 6.92 Å². The Kier molecular flexibility index (Phi) is 5.86. The highest BCUT2D eigenvalue weighted by molar-refractivity contribution is 7.80. The third kappa shape index (κ3) is 4.66. The molecule has 0 saturated heterocycles. The molecule has 0 spiro atoms. The molecule has 3 N–H and O–H groups in total. The van der Waals surface area contributed by atoms with Gasteiger partial charge in [-0.15, -0.1) is 0 Å². The number of hydrogen-bond donors (Lipinski definition) is 2. The predicted molar refractivity (Wildman–Crippen MR) is 74.5 cm³/mol. The molecular formula is C12H19N3OS. The molecule has 0 aliphatic carbocycles. The van der Waals surface area contributed by atoms with E-state index >= 15 is 0 Å². The molecule has 0 aliphatic rings. The number of ether oxygens (including phenoxy) is 1. The summed E-state index contributed by atoms with van der Waals surface area (Å²) in [5.41, 5.74) is 7.40. The molecule has 5 heteroatoms. The molecule has 0 radical (unpaired) electrons. The van der Waals surface area contributed by atoms with Gasteiger partial charge in [-0.3, -0.25) is 0 Å². The Morgan fingerprint density at radius 3 is 2.88 bits per heavy atom. The number of nitrogens with one attached hydrogen (secondary N) is 1. The van der Waals surface area contributed by atoms with Crippen LogP contribution in [0.4, 0.5) is 5.82 Å². The fraction of sp³-hybridized carbons (Fsp3) is 0.500. The molecule has 17 heavy (non-hydrogen) atoms. The number of nitrogens with two attached hydrogens (primary N) is 1. The SMILES string of the molecule is COCCCCNc1nc(C)ccc1C(N)=S. The van der Waals surface area contributed by atoms with E-state index in [0.717, 1.165) is 43.1 Å². The van der Waals surface area contributed by atoms with Crippen molar-refractivity contribution in [2.45, 2.75) is 19.8 Å². The molecule has 0 fully saturated rings. The van der Waals surface area contributed by atoms with E-state index in [0.29, 0.717) is 4.99 Å². The van der Waals surface area contributed by atoms with Gasteiger partial charge in [-0.05, 0) is 31.9 Å². The van der Waals surface area contributed by atoms with Crippen molar-refractivity contribution in [1.82, 2.24) is 4.98 Å². The van der Waals surface area contributed by atoms with Crippen LogP contribution in [0.5, 0.6) is 0 Å². The third-order valence-corrected chi connectivity index (χ3v) is 2.59. The van der Waals surface area contributed by atoms with Crippen LogP contribution in [0.25, 0.3) is 0 Å². The summed E-state index contributed by atoms with van der Waals surface area (Å²) in [4.78, 5) is 4.77. The molecule has 1 heterocycles. The highest BCUT2D eigenvalue weighted by atomic mass is 32.1. The summed E-state index contributed by atoms with van der Waals surface area (Å²) in [6.45, 7) is 3.57. The minimum Gasteiger partial charge on any atom is -0.389 e. The van der Waals surface area contributed by atoms with Gasteiger partial charge >= 0.3 is 0 Å². The first kappa shape index (κ1) is 13.9. The second-order valence-corrected chi connectivity index (χ2v) is 4.28. The van der Waals surface area contributed by atoms with Crippen molar-refractivity contribution in [2.24, 2.45) is 5.73 Å². The first-order valence-electron chi connectivity index (χ1n) is 5.65. The van der Waals surface area contributed by atoms with Crippen LogP contribution < -0.4 is 11.1 Å². The Labute approximate surface area is 108 Å². The molecule has 1 aromatic rings. The summed E-state index contributed by atoms with van der Waals surface area (Å²) in [6.07, 6.45) is 2.05. The number of aryl methyl sites for hydroxylation is 1. The Hall–Kier alpha value is -1.20. The van der Waals surface area contributed by atoms with E-state index in [-0.39, 0.29) is 0 Å². The first-order chi connectivity index (χ1) is 8.15. The van der Waals surface area contributed by atoms with Crippen LogP contribution in [0.15, 0.2) is 12.1 Å². The number of anilines is 1. The molecule has 4 nitrogen and oxygen atoms in total. The van der Waals surface area contributed by atoms with Gasteiger partial charge in [0, 0.05) is 26.0 Å². The van der Waals surface area contributed by atoms with Crippen LogP contribution in [0.1, 0.15) is 24.1 Å². The van der Waals surface area contributed by atoms with E-state index in [9.17, 15) is 0 Å². The number of unbranched alkanes of at least 4 members (excludes halogenated alkanes) is 1. The van der Waals surface area contributed by atoms with Gasteiger partial charge in [0.2, 0.25) is 0 Å². The Bertz CT molecular complexity index is 382. The van der Waals surface area contributed by atoms with Crippen molar-refractivity contribution < 1.29 is 4.74 Å². The first-order valence-corrected chi connectivity index (χ1v) is 6.06. The summed E-state index contributed by atoms with van der Waals surface area (Å²) < 4.78 is 4.99. The fourth-order valence-electron chi connectivity index (χ4n) is 1.47. The zero-order valence-corrected chi connectivity index (χ0v) is 11.1. The molecule has 0 atom stereocenters. The molecule has 0 unspecified atom stereocenters. The van der Waals surface area contributed by atoms with Crippen LogP contribution in [0.2, 0.25) is 0 Å². The average molecular weight is 253 g/mol. The number of rotatable bonds is 7. The number of hydrogen-bond acceptors (Lipinski definition) is 4. The smallest absolute Gasteiger partial charge is 0.136 e. The molecule has 0 amide bonds. The van der Waals surface area contributed by atoms with Crippen molar-refractivity contribution in [3.8, 4) is 0 Å². The summed E-state index contributed by atoms with van der Waals surface area (Å²) in [7, 11) is 1.71. The van der Waals surface area contributed by atoms with E-state index in [4.69, 9.17) is 22.7 Å². The van der Waals surface area contributed by atoms with Crippen LogP contribution in [-0.4, -0.2) is 30.2 Å². The Morgan fingerprint density at radius 1 is 1.47 bits per heavy atom. The number of pyridine rings is 1. The summed E-state index contributed by atoms with van der Waals surface area (Å²) in [6, 6.07) is 3.81. The topological polar surface area (TPSA) is 60.2 Å². The van der Waals surface area contributed by atoms with Crippen molar-refractivity contribution in [3.05, 3.63) is 23.4 Å². The lowest BCUT2D eigenvalue weighted by Gasteiger charge is -2.10. The van der Waals surface area contributed by atoms with E-state index in [1.807, 2.05) is 19.1 Å². The number of methoxy groups -OCH3 is 1. The number of thiocarbonyl (C=S) groups is 1. The summed E-state index contributed by atoms with van der Waals surface area (Å²) in [5, 5.41) is 3.26. The van der Waals surface area contributed by atoms with Crippen LogP contribution in [-0.2, 0) is 4.74 Å². The second-order valence-electron chi connectivity index (χ2n) is 3.84. The summed E-state index contributed by atoms with van der Waals surface area (Å²) in [5.74, 6) is 0.773. The standard InChI is InChI=1S/C12H19N3OS/c1-9-5-6-10(11(13)17)12(15-9)14-7-3-4-8-16-2/h5-6H,3-4,7-8H2,1-2H3,(H2,13,17)(H,14,15). The minimum absolute atomic E-state index is 0.372. The number of aromatic nitrogens is 1. The van der Waals surface area contributed by atoms with Crippen molar-refractivity contribution >= 4 is 23.0 Å². The molecule has 94 valence electrons. The monoisotopic (exact) mass is 253 g/mol. The van der Waals surface area contributed by atoms with Gasteiger partial charge in [-0.1, -0.05) is 12.2 Å². The van der Waals surface area contributed by atoms with Gasteiger partial charge in [0.05, 0.1) is 5.56 Å². The zero-order valence-electron chi connectivity index (χ0n) is 10.3. The second kappa shape index (κ2) is 7.19. The van der Waals surface area contributed by atoms with Gasteiger partial charge in [0.1, 0.15) is 10.8 Å². The maximum Gasteiger partial charge on any atom is 0.136 e. The van der Waals surface area contributed by atoms with Gasteiger partial charge in [-0.25, -0.2) is 4.98 Å². The van der Waals surface area contributed by atoms with E-state index in [1.54, 1.807) is 7.11 Å². The molecule has 1 aromatic heterocycles. The lowest BCUT2D eigenvalue weighted by molar-refractivity contribution is 0.194. The molecule has 1 rings (SSSR count). The highest BCUT2D eigenvalue weighted by Crippen LogP contribution is 2.13. The summed E-state index contributed by atoms with van der Waals surface area (Å²) >= 11 is 4.99. The Balaban J connectivity index is 2.56. The maximum atomic E-state index is 5.65. The van der Waals surface area contributed by atoms with E-state index in [2.05, 4.69) is 10.3 Å². The molecule has 0 aromatic carbocycles. The molecular weight excluding hydrogens is 234 g/mol. The lowest BCUT2D eigenvalue weighted by Crippen LogP contribution is -2.15. The Morgan fingerprint density at radius 2 is 2.24 bits per heavy atom. The van der Waals surface area contributed by atoms with Gasteiger partial charge in [0.15, 0.2) is 0 Å². The van der Waals surface area contributed by atoms with Crippen molar-refractivity contribution in [3.63, 3.8) is 0 Å². The van der Waals surface area contributed by atoms with Gasteiger partial charge in [-0.2, -0.15) is 0 Å². The fourth-order valence-corrected chi connectivity index (χ4v) is 1.63. The number of nitrogens with zero attached hydrogens (tertiary/aromatic N) is 1. The van der Waals surface area contributed by atoms with Gasteiger partial charge in [0.25, 0.3) is 0 Å². The van der Waals surface area contributed by atoms with Crippen molar-refractivity contribution in [2.75, 3.05) is 25.6 Å². The average Bonchev–Trinajstić information content (AvgIpc) is 2.28. The van der Waals surface area contributed by atoms with Crippen LogP contribution >= 0.6 is 12.2 Å². The van der Waals surface area contributed by atoms with Crippen molar-refractivity contribution in [1.29, 1.82) is 0 Å². The van der Waals surface area contributed by atoms with E-state index in [1.165, 1.54) is 0 Å². The largest absolute Gasteiger partial charge is 0.389 e. The highest BCUT2D eigenvalue weighted by Gasteiger charge is 2.06. The zero-order chi connectivity index (χ0) is 12.7. The van der Waals surface area contributed by atoms with Gasteiger partial charge < -0.3 is 15.8 Å².